The Morgan fingerprint density at radius 2 is 1.81 bits per heavy atom. The fourth-order valence-electron chi connectivity index (χ4n) is 5.80. The van der Waals surface area contributed by atoms with E-state index in [0.29, 0.717) is 23.3 Å². The Kier molecular flexibility index (Phi) is 8.05. The summed E-state index contributed by atoms with van der Waals surface area (Å²) >= 11 is 0. The summed E-state index contributed by atoms with van der Waals surface area (Å²) in [7, 11) is 1.47. The number of carboxylic acids is 1. The molecular formula is C33H31F3N2O5. The molecule has 3 atom stereocenters. The molecule has 0 radical (unpaired) electrons. The van der Waals surface area contributed by atoms with E-state index in [2.05, 4.69) is 4.99 Å². The second kappa shape index (κ2) is 11.6. The van der Waals surface area contributed by atoms with Gasteiger partial charge in [0, 0.05) is 23.4 Å². The van der Waals surface area contributed by atoms with Crippen LogP contribution in [-0.4, -0.2) is 47.5 Å². The number of carbonyl (C=O) groups excluding carboxylic acids is 1. The third-order valence-corrected chi connectivity index (χ3v) is 8.04. The van der Waals surface area contributed by atoms with Gasteiger partial charge in [-0.2, -0.15) is 13.2 Å². The lowest BCUT2D eigenvalue weighted by molar-refractivity contribution is -0.137. The summed E-state index contributed by atoms with van der Waals surface area (Å²) in [6.45, 7) is 5.38. The highest BCUT2D eigenvalue weighted by Crippen LogP contribution is 2.41. The highest BCUT2D eigenvalue weighted by Gasteiger charge is 2.43. The Morgan fingerprint density at radius 3 is 2.47 bits per heavy atom. The van der Waals surface area contributed by atoms with Crippen molar-refractivity contribution in [3.63, 3.8) is 0 Å². The van der Waals surface area contributed by atoms with Crippen LogP contribution < -0.4 is 4.74 Å². The van der Waals surface area contributed by atoms with Crippen molar-refractivity contribution in [3.05, 3.63) is 88.6 Å². The summed E-state index contributed by atoms with van der Waals surface area (Å²) in [5, 5.41) is 9.36. The van der Waals surface area contributed by atoms with E-state index in [1.807, 2.05) is 26.0 Å². The van der Waals surface area contributed by atoms with Gasteiger partial charge in [-0.1, -0.05) is 24.3 Å². The standard InChI is InChI=1S/C33H31F3N2O5/c1-18-13-23(31(39)40)5-8-26(18)21-6-10-29(42-4)28(16-21)27-9-7-25(33(34,35)36)15-24(27)17-38-20(3)30(43-32(38)41)22-11-12-37-19(2)14-22/h5-10,12-16,20,22,30H,11,17H2,1-4H3,(H,39,40). The first kappa shape index (κ1) is 29.9. The number of cyclic esters (lactones) is 1. The fraction of sp³-hybridized carbons (Fsp3) is 0.303. The monoisotopic (exact) mass is 592 g/mol. The van der Waals surface area contributed by atoms with Gasteiger partial charge < -0.3 is 14.6 Å². The number of hydrogen-bond acceptors (Lipinski definition) is 5. The molecule has 1 fully saturated rings. The number of aromatic carboxylic acids is 1. The molecule has 0 bridgehead atoms. The molecule has 3 aromatic carbocycles. The van der Waals surface area contributed by atoms with Gasteiger partial charge in [0.1, 0.15) is 11.9 Å². The lowest BCUT2D eigenvalue weighted by Crippen LogP contribution is -2.37. The molecule has 43 heavy (non-hydrogen) atoms. The van der Waals surface area contributed by atoms with Crippen molar-refractivity contribution in [2.24, 2.45) is 10.9 Å². The van der Waals surface area contributed by atoms with Crippen LogP contribution in [0.3, 0.4) is 0 Å². The van der Waals surface area contributed by atoms with Gasteiger partial charge in [-0.05, 0) is 91.4 Å². The van der Waals surface area contributed by atoms with E-state index < -0.39 is 35.9 Å². The van der Waals surface area contributed by atoms with Gasteiger partial charge in [0.15, 0.2) is 0 Å². The average molecular weight is 593 g/mol. The molecule has 10 heteroatoms. The number of ether oxygens (including phenoxy) is 2. The van der Waals surface area contributed by atoms with Crippen LogP contribution in [-0.2, 0) is 17.5 Å². The van der Waals surface area contributed by atoms with Crippen LogP contribution in [0.5, 0.6) is 5.75 Å². The third-order valence-electron chi connectivity index (χ3n) is 8.04. The highest BCUT2D eigenvalue weighted by molar-refractivity contribution is 5.89. The van der Waals surface area contributed by atoms with E-state index in [9.17, 15) is 27.9 Å². The van der Waals surface area contributed by atoms with Crippen LogP contribution in [0.1, 0.15) is 47.3 Å². The molecule has 0 aromatic heterocycles. The topological polar surface area (TPSA) is 88.4 Å². The second-order valence-corrected chi connectivity index (χ2v) is 10.9. The first-order valence-corrected chi connectivity index (χ1v) is 13.8. The summed E-state index contributed by atoms with van der Waals surface area (Å²) in [4.78, 5) is 30.2. The molecule has 0 aliphatic carbocycles. The first-order valence-electron chi connectivity index (χ1n) is 13.8. The van der Waals surface area contributed by atoms with Crippen molar-refractivity contribution in [3.8, 4) is 28.0 Å². The van der Waals surface area contributed by atoms with Crippen molar-refractivity contribution >= 4 is 18.3 Å². The minimum atomic E-state index is -4.59. The molecule has 1 saturated heterocycles. The maximum Gasteiger partial charge on any atom is 0.416 e. The van der Waals surface area contributed by atoms with E-state index in [-0.39, 0.29) is 23.6 Å². The predicted octanol–water partition coefficient (Wildman–Crippen LogP) is 7.76. The van der Waals surface area contributed by atoms with E-state index in [1.165, 1.54) is 24.1 Å². The Labute approximate surface area is 247 Å². The van der Waals surface area contributed by atoms with Gasteiger partial charge in [-0.25, -0.2) is 9.59 Å². The van der Waals surface area contributed by atoms with Crippen LogP contribution in [0.25, 0.3) is 22.3 Å². The van der Waals surface area contributed by atoms with Crippen LogP contribution in [0.2, 0.25) is 0 Å². The van der Waals surface area contributed by atoms with Gasteiger partial charge >= 0.3 is 18.2 Å². The zero-order valence-electron chi connectivity index (χ0n) is 24.1. The van der Waals surface area contributed by atoms with Gasteiger partial charge in [0.2, 0.25) is 0 Å². The van der Waals surface area contributed by atoms with Crippen LogP contribution >= 0.6 is 0 Å². The molecule has 3 aromatic rings. The molecule has 2 heterocycles. The number of nitrogens with zero attached hydrogens (tertiary/aromatic N) is 2. The van der Waals surface area contributed by atoms with E-state index >= 15 is 0 Å². The second-order valence-electron chi connectivity index (χ2n) is 10.9. The number of hydrogen-bond donors (Lipinski definition) is 1. The number of amides is 1. The van der Waals surface area contributed by atoms with Crippen molar-refractivity contribution in [2.45, 2.75) is 52.1 Å². The van der Waals surface area contributed by atoms with E-state index in [1.54, 1.807) is 37.4 Å². The van der Waals surface area contributed by atoms with Gasteiger partial charge in [0.05, 0.1) is 30.8 Å². The van der Waals surface area contributed by atoms with Crippen molar-refractivity contribution in [1.82, 2.24) is 4.90 Å². The van der Waals surface area contributed by atoms with Gasteiger partial charge in [-0.3, -0.25) is 9.89 Å². The molecule has 3 unspecified atom stereocenters. The molecular weight excluding hydrogens is 561 g/mol. The summed E-state index contributed by atoms with van der Waals surface area (Å²) in [6.07, 6.45) is -1.33. The summed E-state index contributed by atoms with van der Waals surface area (Å²) in [6, 6.07) is 13.2. The number of rotatable bonds is 7. The number of aliphatic imine (C=N–C) groups is 1. The number of carbonyl (C=O) groups is 2. The average Bonchev–Trinajstić information content (AvgIpc) is 3.24. The van der Waals surface area contributed by atoms with Crippen molar-refractivity contribution in [1.29, 1.82) is 0 Å². The SMILES string of the molecule is COc1ccc(-c2ccc(C(=O)O)cc2C)cc1-c1ccc(C(F)(F)F)cc1CN1C(=O)OC(C2C=C(C)N=CC2)C1C. The third kappa shape index (κ3) is 6.00. The van der Waals surface area contributed by atoms with Crippen LogP contribution in [0, 0.1) is 12.8 Å². The number of benzene rings is 3. The van der Waals surface area contributed by atoms with E-state index in [4.69, 9.17) is 9.47 Å². The quantitative estimate of drug-likeness (QED) is 0.303. The lowest BCUT2D eigenvalue weighted by atomic mass is 9.90. The maximum atomic E-state index is 13.9. The normalized spacial score (nSPS) is 20.2. The van der Waals surface area contributed by atoms with E-state index in [0.717, 1.165) is 34.5 Å². The molecule has 2 aliphatic heterocycles. The number of carboxylic acid groups (broad SMARTS) is 1. The number of halogens is 3. The Morgan fingerprint density at radius 1 is 1.07 bits per heavy atom. The molecule has 1 N–H and O–H groups in total. The van der Waals surface area contributed by atoms with Crippen LogP contribution in [0.15, 0.2) is 71.4 Å². The molecule has 5 rings (SSSR count). The fourth-order valence-corrected chi connectivity index (χ4v) is 5.80. The Bertz CT molecular complexity index is 1650. The molecule has 1 amide bonds. The summed E-state index contributed by atoms with van der Waals surface area (Å²) < 4.78 is 53.0. The smallest absolute Gasteiger partial charge is 0.416 e. The highest BCUT2D eigenvalue weighted by atomic mass is 19.4. The molecule has 224 valence electrons. The molecule has 2 aliphatic rings. The molecule has 7 nitrogen and oxygen atoms in total. The zero-order valence-corrected chi connectivity index (χ0v) is 24.1. The lowest BCUT2D eigenvalue weighted by Gasteiger charge is -2.26. The number of methoxy groups -OCH3 is 1. The maximum absolute atomic E-state index is 13.9. The molecule has 0 spiro atoms. The first-order chi connectivity index (χ1) is 20.4. The zero-order chi connectivity index (χ0) is 31.1. The minimum Gasteiger partial charge on any atom is -0.496 e. The van der Waals surface area contributed by atoms with Crippen molar-refractivity contribution in [2.75, 3.05) is 7.11 Å². The minimum absolute atomic E-state index is 0.0880. The number of allylic oxidation sites excluding steroid dienone is 1. The predicted molar refractivity (Wildman–Crippen MR) is 156 cm³/mol. The number of aryl methyl sites for hydroxylation is 1. The van der Waals surface area contributed by atoms with Gasteiger partial charge in [-0.15, -0.1) is 0 Å². The Balaban J connectivity index is 1.57. The number of alkyl halides is 3. The van der Waals surface area contributed by atoms with Crippen LogP contribution in [0.4, 0.5) is 18.0 Å². The summed E-state index contributed by atoms with van der Waals surface area (Å²) in [5.74, 6) is -0.698. The Hall–Kier alpha value is -4.60. The van der Waals surface area contributed by atoms with Crippen molar-refractivity contribution < 1.29 is 37.3 Å². The van der Waals surface area contributed by atoms with Gasteiger partial charge in [0.25, 0.3) is 0 Å². The largest absolute Gasteiger partial charge is 0.496 e. The molecule has 0 saturated carbocycles. The summed E-state index contributed by atoms with van der Waals surface area (Å²) in [5.41, 5.74) is 3.63.